The number of benzene rings is 1. The zero-order chi connectivity index (χ0) is 16.5. The highest BCUT2D eigenvalue weighted by atomic mass is 35.5. The average molecular weight is 338 g/mol. The molecule has 0 bridgehead atoms. The Bertz CT molecular complexity index is 631. The van der Waals surface area contributed by atoms with Crippen LogP contribution in [0.1, 0.15) is 25.7 Å². The number of hydrogen-bond acceptors (Lipinski definition) is 5. The van der Waals surface area contributed by atoms with Gasteiger partial charge in [-0.05, 0) is 25.5 Å². The van der Waals surface area contributed by atoms with E-state index < -0.39 is 0 Å². The minimum atomic E-state index is -0.0426. The largest absolute Gasteiger partial charge is 0.382 e. The Hall–Kier alpha value is -1.92. The summed E-state index contributed by atoms with van der Waals surface area (Å²) in [5, 5.41) is 7.29. The maximum Gasteiger partial charge on any atom is 0.227 e. The second-order valence-electron chi connectivity index (χ2n) is 4.89. The molecule has 1 amide bonds. The van der Waals surface area contributed by atoms with Crippen molar-refractivity contribution in [2.24, 2.45) is 0 Å². The molecule has 1 heterocycles. The van der Waals surface area contributed by atoms with Crippen LogP contribution in [0.3, 0.4) is 0 Å². The summed E-state index contributed by atoms with van der Waals surface area (Å²) < 4.78 is 10.4. The summed E-state index contributed by atoms with van der Waals surface area (Å²) in [6, 6.07) is 7.28. The average Bonchev–Trinajstić information content (AvgIpc) is 3.02. The van der Waals surface area contributed by atoms with Crippen molar-refractivity contribution in [2.75, 3.05) is 19.8 Å². The molecule has 0 radical (unpaired) electrons. The van der Waals surface area contributed by atoms with Gasteiger partial charge in [0.2, 0.25) is 17.6 Å². The number of halogens is 1. The number of rotatable bonds is 9. The van der Waals surface area contributed by atoms with Gasteiger partial charge >= 0.3 is 0 Å². The van der Waals surface area contributed by atoms with E-state index in [4.69, 9.17) is 20.9 Å². The highest BCUT2D eigenvalue weighted by Crippen LogP contribution is 2.24. The van der Waals surface area contributed by atoms with E-state index in [0.29, 0.717) is 54.9 Å². The summed E-state index contributed by atoms with van der Waals surface area (Å²) in [5.41, 5.74) is 0.713. The molecule has 0 spiro atoms. The van der Waals surface area contributed by atoms with E-state index >= 15 is 0 Å². The van der Waals surface area contributed by atoms with Crippen LogP contribution in [-0.2, 0) is 16.0 Å². The Morgan fingerprint density at radius 2 is 2.22 bits per heavy atom. The van der Waals surface area contributed by atoms with E-state index in [1.807, 2.05) is 25.1 Å². The monoisotopic (exact) mass is 337 g/mol. The molecule has 0 saturated heterocycles. The summed E-state index contributed by atoms with van der Waals surface area (Å²) >= 11 is 6.09. The number of nitrogens with zero attached hydrogens (tertiary/aromatic N) is 2. The number of carbonyl (C=O) groups excluding carboxylic acids is 1. The van der Waals surface area contributed by atoms with E-state index in [9.17, 15) is 4.79 Å². The topological polar surface area (TPSA) is 77.2 Å². The lowest BCUT2D eigenvalue weighted by molar-refractivity contribution is -0.121. The van der Waals surface area contributed by atoms with Gasteiger partial charge in [-0.2, -0.15) is 4.98 Å². The lowest BCUT2D eigenvalue weighted by Crippen LogP contribution is -2.25. The van der Waals surface area contributed by atoms with Gasteiger partial charge in [0, 0.05) is 38.2 Å². The molecule has 1 aromatic heterocycles. The van der Waals surface area contributed by atoms with Gasteiger partial charge in [-0.15, -0.1) is 0 Å². The molecule has 6 nitrogen and oxygen atoms in total. The Morgan fingerprint density at radius 1 is 1.39 bits per heavy atom. The first-order chi connectivity index (χ1) is 11.2. The van der Waals surface area contributed by atoms with Crippen LogP contribution < -0.4 is 5.32 Å². The van der Waals surface area contributed by atoms with Crippen molar-refractivity contribution in [3.63, 3.8) is 0 Å². The molecular formula is C16H20ClN3O3. The summed E-state index contributed by atoms with van der Waals surface area (Å²) in [6.07, 6.45) is 1.50. The second kappa shape index (κ2) is 9.27. The van der Waals surface area contributed by atoms with Gasteiger partial charge in [-0.1, -0.05) is 28.9 Å². The second-order valence-corrected chi connectivity index (χ2v) is 5.30. The SMILES string of the molecule is CCOCCCNC(=O)CCc1nc(-c2ccccc2Cl)no1. The Balaban J connectivity index is 1.77. The van der Waals surface area contributed by atoms with Crippen LogP contribution in [0.4, 0.5) is 0 Å². The van der Waals surface area contributed by atoms with Crippen molar-refractivity contribution in [2.45, 2.75) is 26.2 Å². The fourth-order valence-electron chi connectivity index (χ4n) is 1.96. The zero-order valence-electron chi connectivity index (χ0n) is 13.0. The predicted molar refractivity (Wildman–Crippen MR) is 87.2 cm³/mol. The molecule has 1 aromatic carbocycles. The first-order valence-electron chi connectivity index (χ1n) is 7.62. The van der Waals surface area contributed by atoms with Crippen molar-refractivity contribution in [3.05, 3.63) is 35.2 Å². The van der Waals surface area contributed by atoms with E-state index in [2.05, 4.69) is 15.5 Å². The minimum Gasteiger partial charge on any atom is -0.382 e. The van der Waals surface area contributed by atoms with Gasteiger partial charge in [0.1, 0.15) is 0 Å². The molecule has 23 heavy (non-hydrogen) atoms. The Labute approximate surface area is 140 Å². The molecule has 0 atom stereocenters. The third-order valence-corrected chi connectivity index (χ3v) is 3.47. The molecule has 7 heteroatoms. The van der Waals surface area contributed by atoms with Gasteiger partial charge in [0.15, 0.2) is 0 Å². The molecule has 2 aromatic rings. The van der Waals surface area contributed by atoms with E-state index in [1.54, 1.807) is 6.07 Å². The van der Waals surface area contributed by atoms with Crippen molar-refractivity contribution in [3.8, 4) is 11.4 Å². The molecule has 0 fully saturated rings. The van der Waals surface area contributed by atoms with Crippen LogP contribution in [0.2, 0.25) is 5.02 Å². The van der Waals surface area contributed by atoms with Gasteiger partial charge in [-0.25, -0.2) is 0 Å². The highest BCUT2D eigenvalue weighted by Gasteiger charge is 2.12. The van der Waals surface area contributed by atoms with Crippen LogP contribution in [0.5, 0.6) is 0 Å². The van der Waals surface area contributed by atoms with Crippen LogP contribution in [0.25, 0.3) is 11.4 Å². The molecular weight excluding hydrogens is 318 g/mol. The molecule has 0 aliphatic heterocycles. The first-order valence-corrected chi connectivity index (χ1v) is 8.00. The fourth-order valence-corrected chi connectivity index (χ4v) is 2.18. The van der Waals surface area contributed by atoms with Crippen LogP contribution >= 0.6 is 11.6 Å². The molecule has 2 rings (SSSR count). The molecule has 0 unspecified atom stereocenters. The van der Waals surface area contributed by atoms with E-state index in [0.717, 1.165) is 6.42 Å². The predicted octanol–water partition coefficient (Wildman–Crippen LogP) is 2.87. The van der Waals surface area contributed by atoms with Crippen molar-refractivity contribution < 1.29 is 14.1 Å². The van der Waals surface area contributed by atoms with Crippen LogP contribution in [0.15, 0.2) is 28.8 Å². The molecule has 124 valence electrons. The van der Waals surface area contributed by atoms with Crippen molar-refractivity contribution in [1.29, 1.82) is 0 Å². The fraction of sp³-hybridized carbons (Fsp3) is 0.438. The van der Waals surface area contributed by atoms with Gasteiger partial charge in [-0.3, -0.25) is 4.79 Å². The quantitative estimate of drug-likeness (QED) is 0.712. The number of amides is 1. The maximum atomic E-state index is 11.7. The number of nitrogens with one attached hydrogen (secondary N) is 1. The van der Waals surface area contributed by atoms with Gasteiger partial charge < -0.3 is 14.6 Å². The lowest BCUT2D eigenvalue weighted by Gasteiger charge is -2.04. The van der Waals surface area contributed by atoms with E-state index in [-0.39, 0.29) is 5.91 Å². The maximum absolute atomic E-state index is 11.7. The number of aryl methyl sites for hydroxylation is 1. The zero-order valence-corrected chi connectivity index (χ0v) is 13.8. The molecule has 0 aliphatic carbocycles. The first kappa shape index (κ1) is 17.4. The normalized spacial score (nSPS) is 10.7. The molecule has 0 saturated carbocycles. The number of ether oxygens (including phenoxy) is 1. The van der Waals surface area contributed by atoms with Crippen LogP contribution in [-0.4, -0.2) is 35.8 Å². The summed E-state index contributed by atoms with van der Waals surface area (Å²) in [6.45, 7) is 3.90. The van der Waals surface area contributed by atoms with Gasteiger partial charge in [0.25, 0.3) is 0 Å². The standard InChI is InChI=1S/C16H20ClN3O3/c1-2-22-11-5-10-18-14(21)8-9-15-19-16(20-23-15)12-6-3-4-7-13(12)17/h3-4,6-7H,2,5,8-11H2,1H3,(H,18,21). The summed E-state index contributed by atoms with van der Waals surface area (Å²) in [4.78, 5) is 16.0. The summed E-state index contributed by atoms with van der Waals surface area (Å²) in [5.74, 6) is 0.811. The van der Waals surface area contributed by atoms with Crippen molar-refractivity contribution >= 4 is 17.5 Å². The number of hydrogen-bond donors (Lipinski definition) is 1. The van der Waals surface area contributed by atoms with E-state index in [1.165, 1.54) is 0 Å². The minimum absolute atomic E-state index is 0.0426. The Morgan fingerprint density at radius 3 is 3.00 bits per heavy atom. The molecule has 1 N–H and O–H groups in total. The smallest absolute Gasteiger partial charge is 0.227 e. The number of aromatic nitrogens is 2. The Kier molecular flexibility index (Phi) is 7.03. The highest BCUT2D eigenvalue weighted by molar-refractivity contribution is 6.33. The number of carbonyl (C=O) groups is 1. The third kappa shape index (κ3) is 5.65. The summed E-state index contributed by atoms with van der Waals surface area (Å²) in [7, 11) is 0. The lowest BCUT2D eigenvalue weighted by atomic mass is 10.2. The van der Waals surface area contributed by atoms with Crippen molar-refractivity contribution in [1.82, 2.24) is 15.5 Å². The van der Waals surface area contributed by atoms with Crippen LogP contribution in [0, 0.1) is 0 Å². The third-order valence-electron chi connectivity index (χ3n) is 3.14. The van der Waals surface area contributed by atoms with Gasteiger partial charge in [0.05, 0.1) is 5.02 Å². The molecule has 0 aliphatic rings.